The number of nitrogens with zero attached hydrogens (tertiary/aromatic N) is 2. The van der Waals surface area contributed by atoms with Crippen LogP contribution in [0.5, 0.6) is 0 Å². The summed E-state index contributed by atoms with van der Waals surface area (Å²) in [6, 6.07) is 3.88. The molecule has 5 heteroatoms. The number of hydrogen-bond donors (Lipinski definition) is 1. The second-order valence-electron chi connectivity index (χ2n) is 7.03. The van der Waals surface area contributed by atoms with Gasteiger partial charge in [-0.25, -0.2) is 0 Å². The number of anilines is 1. The third-order valence-electron chi connectivity index (χ3n) is 5.18. The highest BCUT2D eigenvalue weighted by molar-refractivity contribution is 5.93. The summed E-state index contributed by atoms with van der Waals surface area (Å²) >= 11 is 0. The largest absolute Gasteiger partial charge is 0.343 e. The first-order valence-electron chi connectivity index (χ1n) is 9.19. The van der Waals surface area contributed by atoms with Crippen molar-refractivity contribution in [2.24, 2.45) is 5.92 Å². The van der Waals surface area contributed by atoms with Gasteiger partial charge in [0, 0.05) is 37.5 Å². The van der Waals surface area contributed by atoms with Crippen molar-refractivity contribution in [2.45, 2.75) is 57.8 Å². The van der Waals surface area contributed by atoms with Gasteiger partial charge < -0.3 is 10.2 Å². The van der Waals surface area contributed by atoms with Crippen LogP contribution in [0.2, 0.25) is 0 Å². The van der Waals surface area contributed by atoms with Crippen molar-refractivity contribution in [1.29, 1.82) is 0 Å². The summed E-state index contributed by atoms with van der Waals surface area (Å²) in [4.78, 5) is 30.5. The molecule has 5 nitrogen and oxygen atoms in total. The van der Waals surface area contributed by atoms with E-state index in [0.29, 0.717) is 11.6 Å². The molecule has 3 rings (SSSR count). The lowest BCUT2D eigenvalue weighted by Crippen LogP contribution is -2.38. The Balaban J connectivity index is 1.39. The Kier molecular flexibility index (Phi) is 5.48. The fourth-order valence-corrected chi connectivity index (χ4v) is 3.29. The minimum Gasteiger partial charge on any atom is -0.343 e. The van der Waals surface area contributed by atoms with E-state index in [9.17, 15) is 9.59 Å². The normalized spacial score (nSPS) is 18.5. The summed E-state index contributed by atoms with van der Waals surface area (Å²) in [7, 11) is 0. The van der Waals surface area contributed by atoms with Crippen molar-refractivity contribution in [3.63, 3.8) is 0 Å². The molecule has 2 amide bonds. The van der Waals surface area contributed by atoms with Gasteiger partial charge in [-0.15, -0.1) is 0 Å². The maximum absolute atomic E-state index is 12.2. The van der Waals surface area contributed by atoms with Crippen LogP contribution in [0.25, 0.3) is 0 Å². The molecule has 0 bridgehead atoms. The molecule has 2 heterocycles. The Labute approximate surface area is 143 Å². The monoisotopic (exact) mass is 329 g/mol. The SMILES string of the molecule is CCC1CCN(C(=O)CCC(=O)Nc2ccc(C3CC3)nc2)CC1. The molecule has 0 radical (unpaired) electrons. The number of rotatable bonds is 6. The Morgan fingerprint density at radius 2 is 1.92 bits per heavy atom. The molecule has 1 saturated carbocycles. The minimum absolute atomic E-state index is 0.0990. The first-order chi connectivity index (χ1) is 11.7. The van der Waals surface area contributed by atoms with Gasteiger partial charge in [-0.3, -0.25) is 14.6 Å². The first kappa shape index (κ1) is 16.9. The van der Waals surface area contributed by atoms with Gasteiger partial charge in [0.25, 0.3) is 0 Å². The van der Waals surface area contributed by atoms with Crippen LogP contribution in [0.4, 0.5) is 5.69 Å². The number of piperidine rings is 1. The molecule has 0 spiro atoms. The average Bonchev–Trinajstić information content (AvgIpc) is 3.45. The van der Waals surface area contributed by atoms with E-state index >= 15 is 0 Å². The van der Waals surface area contributed by atoms with Gasteiger partial charge in [0.05, 0.1) is 11.9 Å². The van der Waals surface area contributed by atoms with Gasteiger partial charge in [-0.05, 0) is 43.7 Å². The second kappa shape index (κ2) is 7.77. The lowest BCUT2D eigenvalue weighted by atomic mass is 9.94. The van der Waals surface area contributed by atoms with Gasteiger partial charge in [-0.2, -0.15) is 0 Å². The maximum Gasteiger partial charge on any atom is 0.224 e. The number of likely N-dealkylation sites (tertiary alicyclic amines) is 1. The average molecular weight is 329 g/mol. The van der Waals surface area contributed by atoms with Crippen molar-refractivity contribution < 1.29 is 9.59 Å². The molecule has 1 aromatic rings. The molecular weight excluding hydrogens is 302 g/mol. The van der Waals surface area contributed by atoms with E-state index in [1.165, 1.54) is 19.3 Å². The number of hydrogen-bond acceptors (Lipinski definition) is 3. The molecule has 2 fully saturated rings. The van der Waals surface area contributed by atoms with Crippen molar-refractivity contribution >= 4 is 17.5 Å². The summed E-state index contributed by atoms with van der Waals surface area (Å²) in [6.07, 6.45) is 8.04. The molecule has 0 aromatic carbocycles. The minimum atomic E-state index is -0.118. The summed E-state index contributed by atoms with van der Waals surface area (Å²) in [5.41, 5.74) is 1.82. The van der Waals surface area contributed by atoms with Gasteiger partial charge >= 0.3 is 0 Å². The Morgan fingerprint density at radius 1 is 1.17 bits per heavy atom. The van der Waals surface area contributed by atoms with E-state index in [1.807, 2.05) is 17.0 Å². The van der Waals surface area contributed by atoms with Crippen LogP contribution in [0, 0.1) is 5.92 Å². The second-order valence-corrected chi connectivity index (χ2v) is 7.03. The number of pyridine rings is 1. The highest BCUT2D eigenvalue weighted by atomic mass is 16.2. The van der Waals surface area contributed by atoms with Gasteiger partial charge in [0.15, 0.2) is 0 Å². The van der Waals surface area contributed by atoms with Crippen molar-refractivity contribution in [3.05, 3.63) is 24.0 Å². The highest BCUT2D eigenvalue weighted by Gasteiger charge is 2.25. The number of carbonyl (C=O) groups is 2. The molecule has 130 valence electrons. The molecule has 1 aromatic heterocycles. The van der Waals surface area contributed by atoms with Crippen molar-refractivity contribution in [1.82, 2.24) is 9.88 Å². The number of aromatic nitrogens is 1. The molecule has 2 aliphatic rings. The zero-order chi connectivity index (χ0) is 16.9. The molecule has 1 aliphatic carbocycles. The van der Waals surface area contributed by atoms with Crippen LogP contribution in [0.1, 0.15) is 63.5 Å². The van der Waals surface area contributed by atoms with Crippen molar-refractivity contribution in [3.8, 4) is 0 Å². The third kappa shape index (κ3) is 4.56. The molecule has 0 unspecified atom stereocenters. The van der Waals surface area contributed by atoms with Gasteiger partial charge in [0.1, 0.15) is 0 Å². The van der Waals surface area contributed by atoms with Crippen LogP contribution in [-0.2, 0) is 9.59 Å². The maximum atomic E-state index is 12.2. The van der Waals surface area contributed by atoms with Crippen molar-refractivity contribution in [2.75, 3.05) is 18.4 Å². The quantitative estimate of drug-likeness (QED) is 0.871. The van der Waals surface area contributed by atoms with Crippen LogP contribution >= 0.6 is 0 Å². The smallest absolute Gasteiger partial charge is 0.224 e. The number of nitrogens with one attached hydrogen (secondary N) is 1. The molecule has 0 atom stereocenters. The Bertz CT molecular complexity index is 573. The molecule has 1 saturated heterocycles. The lowest BCUT2D eigenvalue weighted by molar-refractivity contribution is -0.134. The molecule has 1 N–H and O–H groups in total. The fourth-order valence-electron chi connectivity index (χ4n) is 3.29. The van der Waals surface area contributed by atoms with E-state index in [1.54, 1.807) is 6.20 Å². The van der Waals surface area contributed by atoms with Crippen LogP contribution in [0.15, 0.2) is 18.3 Å². The highest BCUT2D eigenvalue weighted by Crippen LogP contribution is 2.38. The van der Waals surface area contributed by atoms with E-state index in [4.69, 9.17) is 0 Å². The summed E-state index contributed by atoms with van der Waals surface area (Å²) < 4.78 is 0. The third-order valence-corrected chi connectivity index (χ3v) is 5.18. The van der Waals surface area contributed by atoms with Crippen LogP contribution < -0.4 is 5.32 Å². The predicted molar refractivity (Wildman–Crippen MR) is 93.7 cm³/mol. The van der Waals surface area contributed by atoms with E-state index in [0.717, 1.165) is 37.5 Å². The van der Waals surface area contributed by atoms with Gasteiger partial charge in [0.2, 0.25) is 11.8 Å². The summed E-state index contributed by atoms with van der Waals surface area (Å²) in [5, 5.41) is 2.83. The summed E-state index contributed by atoms with van der Waals surface area (Å²) in [5.74, 6) is 1.35. The van der Waals surface area contributed by atoms with E-state index < -0.39 is 0 Å². The van der Waals surface area contributed by atoms with E-state index in [2.05, 4.69) is 17.2 Å². The zero-order valence-corrected chi connectivity index (χ0v) is 14.5. The number of amides is 2. The standard InChI is InChI=1S/C19H27N3O2/c1-2-14-9-11-22(12-10-14)19(24)8-7-18(23)21-16-5-6-17(20-13-16)15-3-4-15/h5-6,13-15H,2-4,7-12H2,1H3,(H,21,23). The number of carbonyl (C=O) groups excluding carboxylic acids is 2. The Morgan fingerprint density at radius 3 is 2.50 bits per heavy atom. The van der Waals surface area contributed by atoms with E-state index in [-0.39, 0.29) is 24.7 Å². The fraction of sp³-hybridized carbons (Fsp3) is 0.632. The zero-order valence-electron chi connectivity index (χ0n) is 14.5. The van der Waals surface area contributed by atoms with Gasteiger partial charge in [-0.1, -0.05) is 13.3 Å². The lowest BCUT2D eigenvalue weighted by Gasteiger charge is -2.31. The van der Waals surface area contributed by atoms with Crippen LogP contribution in [0.3, 0.4) is 0 Å². The molecule has 24 heavy (non-hydrogen) atoms. The topological polar surface area (TPSA) is 62.3 Å². The predicted octanol–water partition coefficient (Wildman–Crippen LogP) is 3.33. The molecular formula is C19H27N3O2. The Hall–Kier alpha value is -1.91. The van der Waals surface area contributed by atoms with Crippen LogP contribution in [-0.4, -0.2) is 34.8 Å². The first-order valence-corrected chi connectivity index (χ1v) is 9.19. The summed E-state index contributed by atoms with van der Waals surface area (Å²) in [6.45, 7) is 3.88. The molecule has 1 aliphatic heterocycles.